The molecule has 25 heavy (non-hydrogen) atoms. The number of imidazole rings is 1. The molecule has 8 heteroatoms. The number of amides is 1. The van der Waals surface area contributed by atoms with Crippen LogP contribution >= 0.6 is 0 Å². The van der Waals surface area contributed by atoms with Gasteiger partial charge in [0.1, 0.15) is 12.1 Å². The molecule has 0 bridgehead atoms. The smallest absolute Gasteiger partial charge is 0.272 e. The summed E-state index contributed by atoms with van der Waals surface area (Å²) in [6.45, 7) is 1.84. The number of pyridine rings is 1. The van der Waals surface area contributed by atoms with Crippen LogP contribution in [0.25, 0.3) is 16.7 Å². The lowest BCUT2D eigenvalue weighted by atomic mass is 9.83. The fraction of sp³-hybridized carbons (Fsp3) is 0.412. The van der Waals surface area contributed by atoms with Gasteiger partial charge >= 0.3 is 0 Å². The maximum absolute atomic E-state index is 12.8. The summed E-state index contributed by atoms with van der Waals surface area (Å²) in [6, 6.07) is 1.90. The number of aromatic amines is 1. The fourth-order valence-corrected chi connectivity index (χ4v) is 3.27. The van der Waals surface area contributed by atoms with E-state index in [2.05, 4.69) is 25.5 Å². The molecule has 3 aromatic rings. The average molecular weight is 340 g/mol. The van der Waals surface area contributed by atoms with Gasteiger partial charge in [0.05, 0.1) is 17.3 Å². The third kappa shape index (κ3) is 3.12. The van der Waals surface area contributed by atoms with Crippen LogP contribution in [0.4, 0.5) is 0 Å². The van der Waals surface area contributed by atoms with Crippen LogP contribution in [0.15, 0.2) is 31.0 Å². The van der Waals surface area contributed by atoms with Gasteiger partial charge in [-0.15, -0.1) is 0 Å². The summed E-state index contributed by atoms with van der Waals surface area (Å²) in [5.74, 6) is 0.380. The van der Waals surface area contributed by atoms with E-state index in [1.807, 2.05) is 13.0 Å². The van der Waals surface area contributed by atoms with Gasteiger partial charge in [-0.2, -0.15) is 5.10 Å². The zero-order valence-corrected chi connectivity index (χ0v) is 13.9. The molecule has 3 N–H and O–H groups in total. The highest BCUT2D eigenvalue weighted by Crippen LogP contribution is 2.28. The lowest BCUT2D eigenvalue weighted by Crippen LogP contribution is -2.42. The summed E-state index contributed by atoms with van der Waals surface area (Å²) < 4.78 is 1.75. The van der Waals surface area contributed by atoms with Crippen molar-refractivity contribution in [1.29, 1.82) is 0 Å². The number of carbonyl (C=O) groups is 1. The normalized spacial score (nSPS) is 23.7. The van der Waals surface area contributed by atoms with Crippen molar-refractivity contribution in [3.63, 3.8) is 0 Å². The molecule has 3 heterocycles. The highest BCUT2D eigenvalue weighted by Gasteiger charge is 2.30. The van der Waals surface area contributed by atoms with Crippen molar-refractivity contribution in [3.8, 4) is 5.82 Å². The standard InChI is InChI=1S/C17H20N6O2/c1-17(25)4-2-12(3-5-17)20-16(24)15-14-11(9-19-22-14)8-13(21-15)23-7-6-18-10-23/h6-10,12,25H,2-5H2,1H3,(H,19,22)(H,20,24). The maximum Gasteiger partial charge on any atom is 0.272 e. The van der Waals surface area contributed by atoms with E-state index >= 15 is 0 Å². The predicted octanol–water partition coefficient (Wildman–Crippen LogP) is 1.57. The highest BCUT2D eigenvalue weighted by atomic mass is 16.3. The highest BCUT2D eigenvalue weighted by molar-refractivity contribution is 6.04. The molecule has 3 aromatic heterocycles. The Morgan fingerprint density at radius 1 is 1.44 bits per heavy atom. The number of hydrogen-bond acceptors (Lipinski definition) is 5. The molecule has 1 saturated carbocycles. The number of aromatic nitrogens is 5. The molecular formula is C17H20N6O2. The molecule has 1 aliphatic rings. The molecule has 1 aliphatic carbocycles. The van der Waals surface area contributed by atoms with Crippen molar-refractivity contribution >= 4 is 16.8 Å². The predicted molar refractivity (Wildman–Crippen MR) is 91.4 cm³/mol. The van der Waals surface area contributed by atoms with Crippen LogP contribution in [-0.2, 0) is 0 Å². The Hall–Kier alpha value is -2.74. The second-order valence-electron chi connectivity index (χ2n) is 6.88. The lowest BCUT2D eigenvalue weighted by Gasteiger charge is -2.33. The third-order valence-electron chi connectivity index (χ3n) is 4.80. The molecule has 4 rings (SSSR count). The van der Waals surface area contributed by atoms with Gasteiger partial charge in [-0.1, -0.05) is 0 Å². The second kappa shape index (κ2) is 5.96. The van der Waals surface area contributed by atoms with E-state index in [1.54, 1.807) is 29.5 Å². The number of nitrogens with one attached hydrogen (secondary N) is 2. The van der Waals surface area contributed by atoms with Gasteiger partial charge in [0, 0.05) is 23.8 Å². The minimum absolute atomic E-state index is 0.0457. The first-order valence-corrected chi connectivity index (χ1v) is 8.37. The minimum Gasteiger partial charge on any atom is -0.390 e. The Morgan fingerprint density at radius 2 is 2.24 bits per heavy atom. The molecule has 1 fully saturated rings. The lowest BCUT2D eigenvalue weighted by molar-refractivity contribution is 0.0140. The average Bonchev–Trinajstić information content (AvgIpc) is 3.26. The minimum atomic E-state index is -0.628. The van der Waals surface area contributed by atoms with Crippen molar-refractivity contribution < 1.29 is 9.90 Å². The van der Waals surface area contributed by atoms with Gasteiger partial charge in [-0.05, 0) is 38.7 Å². The Morgan fingerprint density at radius 3 is 2.96 bits per heavy atom. The van der Waals surface area contributed by atoms with Crippen LogP contribution in [0.5, 0.6) is 0 Å². The summed E-state index contributed by atoms with van der Waals surface area (Å²) in [5, 5.41) is 20.8. The van der Waals surface area contributed by atoms with Crippen LogP contribution in [-0.4, -0.2) is 47.4 Å². The summed E-state index contributed by atoms with van der Waals surface area (Å²) in [5.41, 5.74) is 0.303. The number of H-pyrrole nitrogens is 1. The molecule has 0 atom stereocenters. The van der Waals surface area contributed by atoms with Gasteiger partial charge in [-0.3, -0.25) is 14.5 Å². The first-order valence-electron chi connectivity index (χ1n) is 8.37. The van der Waals surface area contributed by atoms with Crippen LogP contribution in [0, 0.1) is 0 Å². The first kappa shape index (κ1) is 15.8. The Kier molecular flexibility index (Phi) is 3.76. The molecule has 1 amide bonds. The summed E-state index contributed by atoms with van der Waals surface area (Å²) in [7, 11) is 0. The maximum atomic E-state index is 12.8. The number of fused-ring (bicyclic) bond motifs is 1. The number of hydrogen-bond donors (Lipinski definition) is 3. The molecular weight excluding hydrogens is 320 g/mol. The van der Waals surface area contributed by atoms with E-state index in [9.17, 15) is 9.90 Å². The second-order valence-corrected chi connectivity index (χ2v) is 6.88. The molecule has 0 radical (unpaired) electrons. The fourth-order valence-electron chi connectivity index (χ4n) is 3.27. The van der Waals surface area contributed by atoms with E-state index < -0.39 is 5.60 Å². The number of aliphatic hydroxyl groups is 1. The topological polar surface area (TPSA) is 109 Å². The van der Waals surface area contributed by atoms with Gasteiger partial charge in [0.25, 0.3) is 5.91 Å². The number of carbonyl (C=O) groups excluding carboxylic acids is 1. The van der Waals surface area contributed by atoms with Crippen LogP contribution < -0.4 is 5.32 Å². The van der Waals surface area contributed by atoms with Gasteiger partial charge in [0.15, 0.2) is 5.69 Å². The largest absolute Gasteiger partial charge is 0.390 e. The van der Waals surface area contributed by atoms with E-state index in [1.165, 1.54) is 0 Å². The van der Waals surface area contributed by atoms with Crippen LogP contribution in [0.1, 0.15) is 43.1 Å². The van der Waals surface area contributed by atoms with Crippen LogP contribution in [0.2, 0.25) is 0 Å². The molecule has 0 aliphatic heterocycles. The van der Waals surface area contributed by atoms with Crippen molar-refractivity contribution in [3.05, 3.63) is 36.7 Å². The first-order chi connectivity index (χ1) is 12.0. The van der Waals surface area contributed by atoms with E-state index in [0.717, 1.165) is 18.2 Å². The van der Waals surface area contributed by atoms with E-state index in [0.29, 0.717) is 29.9 Å². The summed E-state index contributed by atoms with van der Waals surface area (Å²) >= 11 is 0. The quantitative estimate of drug-likeness (QED) is 0.670. The zero-order chi connectivity index (χ0) is 17.4. The monoisotopic (exact) mass is 340 g/mol. The molecule has 130 valence electrons. The van der Waals surface area contributed by atoms with Gasteiger partial charge in [0.2, 0.25) is 0 Å². The molecule has 8 nitrogen and oxygen atoms in total. The Balaban J connectivity index is 1.62. The third-order valence-corrected chi connectivity index (χ3v) is 4.80. The van der Waals surface area contributed by atoms with Crippen molar-refractivity contribution in [2.24, 2.45) is 0 Å². The summed E-state index contributed by atoms with van der Waals surface area (Å²) in [4.78, 5) is 21.3. The van der Waals surface area contributed by atoms with Crippen LogP contribution in [0.3, 0.4) is 0 Å². The summed E-state index contributed by atoms with van der Waals surface area (Å²) in [6.07, 6.45) is 9.62. The van der Waals surface area contributed by atoms with E-state index in [-0.39, 0.29) is 11.9 Å². The zero-order valence-electron chi connectivity index (χ0n) is 13.9. The van der Waals surface area contributed by atoms with E-state index in [4.69, 9.17) is 0 Å². The van der Waals surface area contributed by atoms with Gasteiger partial charge in [-0.25, -0.2) is 9.97 Å². The number of nitrogens with zero attached hydrogens (tertiary/aromatic N) is 4. The number of rotatable bonds is 3. The molecule has 0 saturated heterocycles. The Bertz CT molecular complexity index is 889. The molecule has 0 unspecified atom stereocenters. The van der Waals surface area contributed by atoms with Crippen molar-refractivity contribution in [2.75, 3.05) is 0 Å². The van der Waals surface area contributed by atoms with Gasteiger partial charge < -0.3 is 10.4 Å². The van der Waals surface area contributed by atoms with Crippen molar-refractivity contribution in [1.82, 2.24) is 30.0 Å². The molecule has 0 spiro atoms. The SMILES string of the molecule is CC1(O)CCC(NC(=O)c2nc(-n3ccnc3)cc3cn[nH]c23)CC1. The Labute approximate surface area is 144 Å². The molecule has 0 aromatic carbocycles. The van der Waals surface area contributed by atoms with Crippen molar-refractivity contribution in [2.45, 2.75) is 44.2 Å².